The number of carbonyl (C=O) groups is 1. The van der Waals surface area contributed by atoms with Crippen LogP contribution in [-0.4, -0.2) is 26.0 Å². The minimum Gasteiger partial charge on any atom is -0.340 e. The van der Waals surface area contributed by atoms with E-state index >= 15 is 0 Å². The predicted molar refractivity (Wildman–Crippen MR) is 51.1 cm³/mol. The first kappa shape index (κ1) is 9.30. The van der Waals surface area contributed by atoms with Gasteiger partial charge in [-0.1, -0.05) is 0 Å². The largest absolute Gasteiger partial charge is 0.351 e. The number of carbonyl (C=O) groups excluding carboxylic acids is 1. The molecule has 2 amide bonds. The summed E-state index contributed by atoms with van der Waals surface area (Å²) in [6.45, 7) is 0. The normalized spacial score (nSPS) is 10.3. The zero-order valence-electron chi connectivity index (χ0n) is 7.51. The average Bonchev–Trinajstić information content (AvgIpc) is 2.74. The molecule has 2 aromatic rings. The Labute approximate surface area is 83.4 Å². The van der Waals surface area contributed by atoms with E-state index in [0.717, 1.165) is 5.01 Å². The molecule has 78 valence electrons. The number of nitrogens with zero attached hydrogens (tertiary/aromatic N) is 4. The van der Waals surface area contributed by atoms with Crippen LogP contribution in [0.1, 0.15) is 0 Å². The van der Waals surface area contributed by atoms with Gasteiger partial charge in [0.2, 0.25) is 0 Å². The molecule has 2 rings (SSSR count). The minimum absolute atomic E-state index is 0.195. The van der Waals surface area contributed by atoms with Crippen LogP contribution in [0.5, 0.6) is 0 Å². The Morgan fingerprint density at radius 2 is 2.27 bits per heavy atom. The van der Waals surface area contributed by atoms with Gasteiger partial charge in [0.1, 0.15) is 11.8 Å². The number of urea groups is 1. The fourth-order valence-electron chi connectivity index (χ4n) is 1.10. The number of H-pyrrole nitrogens is 1. The molecule has 0 unspecified atom stereocenters. The lowest BCUT2D eigenvalue weighted by Gasteiger charge is -2.14. The summed E-state index contributed by atoms with van der Waals surface area (Å²) >= 11 is 0. The number of rotatable bonds is 1. The van der Waals surface area contributed by atoms with Gasteiger partial charge in [-0.25, -0.2) is 36.4 Å². The van der Waals surface area contributed by atoms with E-state index in [2.05, 4.69) is 19.9 Å². The van der Waals surface area contributed by atoms with Gasteiger partial charge < -0.3 is 4.98 Å². The van der Waals surface area contributed by atoms with E-state index in [4.69, 9.17) is 11.7 Å². The van der Waals surface area contributed by atoms with Crippen LogP contribution in [0.25, 0.3) is 11.2 Å². The molecule has 2 heterocycles. The van der Waals surface area contributed by atoms with Crippen LogP contribution >= 0.6 is 0 Å². The Balaban J connectivity index is 2.51. The van der Waals surface area contributed by atoms with Crippen LogP contribution < -0.4 is 22.1 Å². The molecule has 0 aliphatic heterocycles. The van der Waals surface area contributed by atoms with Crippen molar-refractivity contribution in [3.63, 3.8) is 0 Å². The van der Waals surface area contributed by atoms with E-state index in [1.165, 1.54) is 12.7 Å². The van der Waals surface area contributed by atoms with Crippen molar-refractivity contribution in [1.29, 1.82) is 0 Å². The van der Waals surface area contributed by atoms with Crippen molar-refractivity contribution in [1.82, 2.24) is 25.4 Å². The maximum absolute atomic E-state index is 11.1. The molecule has 2 aromatic heterocycles. The Morgan fingerprint density at radius 3 is 3.00 bits per heavy atom. The molecule has 0 saturated heterocycles. The molecule has 0 atom stereocenters. The van der Waals surface area contributed by atoms with E-state index in [1.807, 2.05) is 5.43 Å². The van der Waals surface area contributed by atoms with Crippen molar-refractivity contribution in [2.75, 3.05) is 5.01 Å². The Kier molecular flexibility index (Phi) is 2.15. The molecule has 15 heavy (non-hydrogen) atoms. The van der Waals surface area contributed by atoms with Crippen LogP contribution in [0.15, 0.2) is 12.7 Å². The number of nitrogens with two attached hydrogens (primary N) is 2. The van der Waals surface area contributed by atoms with Gasteiger partial charge in [0.05, 0.1) is 6.33 Å². The molecule has 9 heteroatoms. The quantitative estimate of drug-likeness (QED) is 0.258. The third kappa shape index (κ3) is 1.45. The summed E-state index contributed by atoms with van der Waals surface area (Å²) in [5, 5.41) is 0.766. The van der Waals surface area contributed by atoms with E-state index in [0.29, 0.717) is 11.2 Å². The van der Waals surface area contributed by atoms with Crippen molar-refractivity contribution < 1.29 is 4.79 Å². The maximum Gasteiger partial charge on any atom is 0.351 e. The molecule has 6 N–H and O–H groups in total. The number of imidazole rings is 1. The van der Waals surface area contributed by atoms with Gasteiger partial charge in [0.15, 0.2) is 11.5 Å². The number of hydrogen-bond donors (Lipinski definition) is 4. The van der Waals surface area contributed by atoms with Gasteiger partial charge in [0, 0.05) is 0 Å². The van der Waals surface area contributed by atoms with Crippen LogP contribution in [0, 0.1) is 0 Å². The van der Waals surface area contributed by atoms with E-state index in [9.17, 15) is 4.79 Å². The van der Waals surface area contributed by atoms with Crippen molar-refractivity contribution in [2.45, 2.75) is 0 Å². The fourth-order valence-corrected chi connectivity index (χ4v) is 1.10. The fraction of sp³-hybridized carbons (Fsp3) is 0. The molecule has 0 aromatic carbocycles. The Bertz CT molecular complexity index is 493. The van der Waals surface area contributed by atoms with Crippen LogP contribution in [0.3, 0.4) is 0 Å². The van der Waals surface area contributed by atoms with Gasteiger partial charge in [-0.05, 0) is 0 Å². The highest BCUT2D eigenvalue weighted by Crippen LogP contribution is 2.16. The molecule has 0 saturated carbocycles. The molecular formula is C6H8N8O. The van der Waals surface area contributed by atoms with Crippen molar-refractivity contribution in [3.05, 3.63) is 12.7 Å². The highest BCUT2D eigenvalue weighted by molar-refractivity contribution is 5.96. The number of nitrogens with one attached hydrogen (secondary N) is 2. The zero-order valence-corrected chi connectivity index (χ0v) is 7.51. The van der Waals surface area contributed by atoms with E-state index in [1.54, 1.807) is 0 Å². The van der Waals surface area contributed by atoms with Crippen LogP contribution in [-0.2, 0) is 0 Å². The summed E-state index contributed by atoms with van der Waals surface area (Å²) in [5.74, 6) is 10.6. The number of hydrogen-bond acceptors (Lipinski definition) is 6. The summed E-state index contributed by atoms with van der Waals surface area (Å²) in [5.41, 5.74) is 2.77. The summed E-state index contributed by atoms with van der Waals surface area (Å²) < 4.78 is 0. The average molecular weight is 208 g/mol. The van der Waals surface area contributed by atoms with Crippen molar-refractivity contribution in [3.8, 4) is 0 Å². The van der Waals surface area contributed by atoms with Gasteiger partial charge in [0.25, 0.3) is 0 Å². The zero-order chi connectivity index (χ0) is 10.8. The number of anilines is 1. The predicted octanol–water partition coefficient (Wildman–Crippen LogP) is -1.38. The second kappa shape index (κ2) is 3.48. The SMILES string of the molecule is NNC(=O)N(N)c1ncnc2nc[nH]c12. The van der Waals surface area contributed by atoms with Crippen LogP contribution in [0.2, 0.25) is 0 Å². The third-order valence-corrected chi connectivity index (χ3v) is 1.77. The van der Waals surface area contributed by atoms with E-state index in [-0.39, 0.29) is 5.82 Å². The summed E-state index contributed by atoms with van der Waals surface area (Å²) in [6.07, 6.45) is 2.68. The summed E-state index contributed by atoms with van der Waals surface area (Å²) in [6, 6.07) is -0.690. The molecule has 0 aliphatic rings. The second-order valence-electron chi connectivity index (χ2n) is 2.62. The highest BCUT2D eigenvalue weighted by Gasteiger charge is 2.16. The molecule has 0 radical (unpaired) electrons. The van der Waals surface area contributed by atoms with Gasteiger partial charge in [-0.3, -0.25) is 5.43 Å². The Hall–Kier alpha value is -2.26. The van der Waals surface area contributed by atoms with E-state index < -0.39 is 6.03 Å². The number of amides is 2. The number of aromatic amines is 1. The highest BCUT2D eigenvalue weighted by atomic mass is 16.2. The molecule has 0 fully saturated rings. The van der Waals surface area contributed by atoms with Gasteiger partial charge in [-0.15, -0.1) is 0 Å². The molecule has 0 aliphatic carbocycles. The first-order valence-corrected chi connectivity index (χ1v) is 3.93. The standard InChI is InChI=1S/C6H8N8O/c7-13-6(15)14(8)5-3-4(10-1-9-3)11-2-12-5/h1-2H,7-8H2,(H,13,15)(H,9,10,11,12). The van der Waals surface area contributed by atoms with Crippen molar-refractivity contribution >= 4 is 23.0 Å². The maximum atomic E-state index is 11.1. The summed E-state index contributed by atoms with van der Waals surface area (Å²) in [7, 11) is 0. The third-order valence-electron chi connectivity index (χ3n) is 1.77. The first-order valence-electron chi connectivity index (χ1n) is 3.93. The number of aromatic nitrogens is 4. The molecule has 9 nitrogen and oxygen atoms in total. The van der Waals surface area contributed by atoms with Crippen molar-refractivity contribution in [2.24, 2.45) is 11.7 Å². The summed E-state index contributed by atoms with van der Waals surface area (Å²) in [4.78, 5) is 25.5. The minimum atomic E-state index is -0.690. The lowest BCUT2D eigenvalue weighted by Crippen LogP contribution is -2.48. The van der Waals surface area contributed by atoms with Crippen LogP contribution in [0.4, 0.5) is 10.6 Å². The Morgan fingerprint density at radius 1 is 1.47 bits per heavy atom. The second-order valence-corrected chi connectivity index (χ2v) is 2.62. The lowest BCUT2D eigenvalue weighted by atomic mass is 10.5. The smallest absolute Gasteiger partial charge is 0.340 e. The number of fused-ring (bicyclic) bond motifs is 1. The number of hydrazine groups is 2. The monoisotopic (exact) mass is 208 g/mol. The van der Waals surface area contributed by atoms with Gasteiger partial charge >= 0.3 is 6.03 Å². The molecule has 0 bridgehead atoms. The molecule has 0 spiro atoms. The molecular weight excluding hydrogens is 200 g/mol. The topological polar surface area (TPSA) is 139 Å². The lowest BCUT2D eigenvalue weighted by molar-refractivity contribution is 0.246. The van der Waals surface area contributed by atoms with Gasteiger partial charge in [-0.2, -0.15) is 0 Å². The first-order chi connectivity index (χ1) is 7.24.